The molecule has 3 rings (SSSR count). The number of aliphatic hydroxyl groups excluding tert-OH is 8. The minimum Gasteiger partial charge on any atom is -0.444 e. The molecule has 0 aliphatic carbocycles. The van der Waals surface area contributed by atoms with Gasteiger partial charge in [0.2, 0.25) is 5.91 Å². The van der Waals surface area contributed by atoms with Crippen molar-refractivity contribution in [2.75, 3.05) is 30.0 Å². The molecule has 2 aromatic carbocycles. The monoisotopic (exact) mass is 610 g/mol. The van der Waals surface area contributed by atoms with Gasteiger partial charge in [-0.15, -0.1) is 0 Å². The number of rotatable bonds is 13. The van der Waals surface area contributed by atoms with Crippen molar-refractivity contribution >= 4 is 23.4 Å². The molecule has 43 heavy (non-hydrogen) atoms. The maximum atomic E-state index is 12.4. The molecule has 2 aromatic rings. The van der Waals surface area contributed by atoms with Crippen molar-refractivity contribution in [2.45, 2.75) is 68.7 Å². The Kier molecular flexibility index (Phi) is 12.8. The first-order valence-corrected chi connectivity index (χ1v) is 13.4. The van der Waals surface area contributed by atoms with E-state index in [1.165, 1.54) is 31.2 Å². The summed E-state index contributed by atoms with van der Waals surface area (Å²) in [5.74, 6) is -0.539. The van der Waals surface area contributed by atoms with Gasteiger partial charge in [-0.25, -0.2) is 4.79 Å². The standard InChI is InChI=1S/C28H38N2O13/c1-15(33)30(18-9-7-17(8-10-18)29-28(40)41-14-16-5-3-2-4-6-16)11-19(34)22(36)26(20(35)12-31)43-27-25(39)24(38)23(37)21(13-32)42-27/h2-10,19-27,31-32,34-39H,11-14H2,1H3,(H,29,40)/t19-,20+,21+,22+,23-,24-,25+,26+,27-/m0/s1. The van der Waals surface area contributed by atoms with Gasteiger partial charge in [-0.2, -0.15) is 0 Å². The van der Waals surface area contributed by atoms with E-state index in [0.29, 0.717) is 5.69 Å². The van der Waals surface area contributed by atoms with Gasteiger partial charge in [0.15, 0.2) is 6.29 Å². The molecule has 1 aliphatic heterocycles. The minimum absolute atomic E-state index is 0.0646. The molecule has 0 unspecified atom stereocenters. The van der Waals surface area contributed by atoms with Gasteiger partial charge in [-0.1, -0.05) is 30.3 Å². The van der Waals surface area contributed by atoms with Crippen LogP contribution in [0.1, 0.15) is 12.5 Å². The molecule has 1 heterocycles. The number of carbonyl (C=O) groups is 2. The third kappa shape index (κ3) is 9.14. The fraction of sp³-hybridized carbons (Fsp3) is 0.500. The molecule has 0 spiro atoms. The van der Waals surface area contributed by atoms with Crippen LogP contribution < -0.4 is 10.2 Å². The number of amides is 2. The highest BCUT2D eigenvalue weighted by atomic mass is 16.7. The highest BCUT2D eigenvalue weighted by molar-refractivity contribution is 5.92. The Morgan fingerprint density at radius 1 is 0.930 bits per heavy atom. The summed E-state index contributed by atoms with van der Waals surface area (Å²) in [6, 6.07) is 15.0. The van der Waals surface area contributed by atoms with Crippen molar-refractivity contribution in [3.63, 3.8) is 0 Å². The van der Waals surface area contributed by atoms with E-state index in [4.69, 9.17) is 14.2 Å². The molecule has 1 fully saturated rings. The van der Waals surface area contributed by atoms with Gasteiger partial charge in [-0.3, -0.25) is 10.1 Å². The van der Waals surface area contributed by atoms with E-state index in [1.54, 1.807) is 12.1 Å². The lowest BCUT2D eigenvalue weighted by Crippen LogP contribution is -2.61. The Morgan fingerprint density at radius 3 is 2.16 bits per heavy atom. The first-order valence-electron chi connectivity index (χ1n) is 13.4. The number of nitrogens with one attached hydrogen (secondary N) is 1. The molecule has 0 bridgehead atoms. The van der Waals surface area contributed by atoms with Gasteiger partial charge in [0.05, 0.1) is 19.8 Å². The molecule has 238 valence electrons. The summed E-state index contributed by atoms with van der Waals surface area (Å²) < 4.78 is 15.8. The number of benzene rings is 2. The molecular weight excluding hydrogens is 572 g/mol. The molecule has 0 saturated carbocycles. The number of carbonyl (C=O) groups excluding carboxylic acids is 2. The van der Waals surface area contributed by atoms with Crippen molar-refractivity contribution < 1.29 is 64.7 Å². The first-order chi connectivity index (χ1) is 20.5. The maximum Gasteiger partial charge on any atom is 0.411 e. The smallest absolute Gasteiger partial charge is 0.411 e. The maximum absolute atomic E-state index is 12.4. The van der Waals surface area contributed by atoms with Crippen LogP contribution in [0, 0.1) is 0 Å². The van der Waals surface area contributed by atoms with Crippen LogP contribution in [0.5, 0.6) is 0 Å². The zero-order valence-electron chi connectivity index (χ0n) is 23.3. The Balaban J connectivity index is 1.65. The Bertz CT molecular complexity index is 1150. The van der Waals surface area contributed by atoms with E-state index >= 15 is 0 Å². The van der Waals surface area contributed by atoms with Gasteiger partial charge >= 0.3 is 6.09 Å². The van der Waals surface area contributed by atoms with Crippen molar-refractivity contribution in [3.8, 4) is 0 Å². The zero-order chi connectivity index (χ0) is 31.7. The van der Waals surface area contributed by atoms with Crippen molar-refractivity contribution in [2.24, 2.45) is 0 Å². The van der Waals surface area contributed by atoms with Crippen LogP contribution in [-0.2, 0) is 25.6 Å². The fourth-order valence-electron chi connectivity index (χ4n) is 4.37. The van der Waals surface area contributed by atoms with E-state index in [2.05, 4.69) is 5.32 Å². The Labute approximate surface area is 247 Å². The van der Waals surface area contributed by atoms with Crippen LogP contribution in [0.25, 0.3) is 0 Å². The molecule has 1 saturated heterocycles. The second kappa shape index (κ2) is 16.0. The topological polar surface area (TPSA) is 239 Å². The quantitative estimate of drug-likeness (QED) is 0.120. The summed E-state index contributed by atoms with van der Waals surface area (Å²) in [6.45, 7) is -0.967. The lowest BCUT2D eigenvalue weighted by molar-refractivity contribution is -0.327. The average molecular weight is 611 g/mol. The van der Waals surface area contributed by atoms with Gasteiger partial charge in [0.25, 0.3) is 0 Å². The van der Waals surface area contributed by atoms with Crippen LogP contribution in [-0.4, -0.2) is 128 Å². The van der Waals surface area contributed by atoms with Crippen LogP contribution in [0.2, 0.25) is 0 Å². The van der Waals surface area contributed by atoms with Gasteiger partial charge in [-0.05, 0) is 29.8 Å². The molecular formula is C28H38N2O13. The molecule has 15 heteroatoms. The summed E-state index contributed by atoms with van der Waals surface area (Å²) in [5.41, 5.74) is 1.43. The Morgan fingerprint density at radius 2 is 1.58 bits per heavy atom. The highest BCUT2D eigenvalue weighted by Gasteiger charge is 2.47. The SMILES string of the molecule is CC(=O)N(C[C@H](O)[C@@H](O)[C@H](O[C@@H]1O[C@H](CO)[C@H](O)[C@H](O)[C@H]1O)[C@H](O)CO)c1ccc(NC(=O)OCc2ccccc2)cc1. The summed E-state index contributed by atoms with van der Waals surface area (Å²) in [5, 5.41) is 83.6. The van der Waals surface area contributed by atoms with E-state index in [0.717, 1.165) is 10.5 Å². The summed E-state index contributed by atoms with van der Waals surface area (Å²) >= 11 is 0. The fourth-order valence-corrected chi connectivity index (χ4v) is 4.37. The summed E-state index contributed by atoms with van der Waals surface area (Å²) in [4.78, 5) is 25.7. The number of aliphatic hydroxyl groups is 8. The number of hydrogen-bond acceptors (Lipinski definition) is 13. The Hall–Kier alpha value is -3.22. The number of hydrogen-bond donors (Lipinski definition) is 9. The molecule has 9 N–H and O–H groups in total. The van der Waals surface area contributed by atoms with Crippen molar-refractivity contribution in [1.29, 1.82) is 0 Å². The van der Waals surface area contributed by atoms with Gasteiger partial charge < -0.3 is 60.0 Å². The minimum atomic E-state index is -1.98. The third-order valence-electron chi connectivity index (χ3n) is 6.82. The van der Waals surface area contributed by atoms with Crippen LogP contribution >= 0.6 is 0 Å². The third-order valence-corrected chi connectivity index (χ3v) is 6.82. The van der Waals surface area contributed by atoms with E-state index in [1.807, 2.05) is 18.2 Å². The molecule has 9 atom stereocenters. The predicted molar refractivity (Wildman–Crippen MR) is 148 cm³/mol. The van der Waals surface area contributed by atoms with E-state index < -0.39 is 86.9 Å². The van der Waals surface area contributed by atoms with Crippen molar-refractivity contribution in [3.05, 3.63) is 60.2 Å². The molecule has 1 aliphatic rings. The van der Waals surface area contributed by atoms with Gasteiger partial charge in [0.1, 0.15) is 55.4 Å². The number of ether oxygens (including phenoxy) is 3. The zero-order valence-corrected chi connectivity index (χ0v) is 23.3. The molecule has 15 nitrogen and oxygen atoms in total. The predicted octanol–water partition coefficient (Wildman–Crippen LogP) is -1.95. The van der Waals surface area contributed by atoms with Crippen LogP contribution in [0.3, 0.4) is 0 Å². The summed E-state index contributed by atoms with van der Waals surface area (Å²) in [6.07, 6.45) is -16.6. The van der Waals surface area contributed by atoms with Crippen LogP contribution in [0.15, 0.2) is 54.6 Å². The largest absolute Gasteiger partial charge is 0.444 e. The molecule has 0 aromatic heterocycles. The summed E-state index contributed by atoms with van der Waals surface area (Å²) in [7, 11) is 0. The highest BCUT2D eigenvalue weighted by Crippen LogP contribution is 2.26. The lowest BCUT2D eigenvalue weighted by Gasteiger charge is -2.42. The number of nitrogens with zero attached hydrogens (tertiary/aromatic N) is 1. The number of anilines is 2. The second-order valence-electron chi connectivity index (χ2n) is 9.97. The van der Waals surface area contributed by atoms with Gasteiger partial charge in [0, 0.05) is 18.3 Å². The second-order valence-corrected chi connectivity index (χ2v) is 9.97. The normalized spacial score (nSPS) is 24.8. The lowest BCUT2D eigenvalue weighted by atomic mass is 9.98. The average Bonchev–Trinajstić information content (AvgIpc) is 3.01. The van der Waals surface area contributed by atoms with E-state index in [-0.39, 0.29) is 12.3 Å². The first kappa shape index (κ1) is 34.3. The van der Waals surface area contributed by atoms with Crippen LogP contribution in [0.4, 0.5) is 16.2 Å². The molecule has 0 radical (unpaired) electrons. The molecule has 2 amide bonds. The van der Waals surface area contributed by atoms with E-state index in [9.17, 15) is 50.4 Å². The van der Waals surface area contributed by atoms with Crippen molar-refractivity contribution in [1.82, 2.24) is 0 Å².